The van der Waals surface area contributed by atoms with E-state index in [9.17, 15) is 4.79 Å². The lowest BCUT2D eigenvalue weighted by Crippen LogP contribution is -2.43. The fourth-order valence-corrected chi connectivity index (χ4v) is 2.40. The van der Waals surface area contributed by atoms with Crippen molar-refractivity contribution in [2.45, 2.75) is 18.7 Å². The Bertz CT molecular complexity index is 404. The van der Waals surface area contributed by atoms with E-state index >= 15 is 0 Å². The van der Waals surface area contributed by atoms with Crippen molar-refractivity contribution in [3.8, 4) is 0 Å². The summed E-state index contributed by atoms with van der Waals surface area (Å²) in [6.07, 6.45) is 0.966. The average Bonchev–Trinajstić information content (AvgIpc) is 2.33. The Labute approximate surface area is 112 Å². The molecule has 1 saturated heterocycles. The van der Waals surface area contributed by atoms with Gasteiger partial charge in [0.2, 0.25) is 0 Å². The highest BCUT2D eigenvalue weighted by Crippen LogP contribution is 2.23. The fraction of sp³-hybridized carbons (Fsp3) is 0.462. The van der Waals surface area contributed by atoms with E-state index < -0.39 is 0 Å². The van der Waals surface area contributed by atoms with Gasteiger partial charge in [0.15, 0.2) is 0 Å². The maximum Gasteiger partial charge on any atom is 0.253 e. The number of hydrogen-bond donors (Lipinski definition) is 0. The molecule has 1 aromatic carbocycles. The third-order valence-corrected chi connectivity index (χ3v) is 4.07. The van der Waals surface area contributed by atoms with Gasteiger partial charge in [-0.25, -0.2) is 0 Å². The van der Waals surface area contributed by atoms with Crippen molar-refractivity contribution in [2.24, 2.45) is 5.92 Å². The van der Waals surface area contributed by atoms with Gasteiger partial charge in [0.05, 0.1) is 5.38 Å². The minimum absolute atomic E-state index is 0.0409. The minimum Gasteiger partial charge on any atom is -0.337 e. The van der Waals surface area contributed by atoms with E-state index in [2.05, 4.69) is 6.92 Å². The predicted octanol–water partition coefficient (Wildman–Crippen LogP) is 3.43. The Kier molecular flexibility index (Phi) is 3.95. The quantitative estimate of drug-likeness (QED) is 0.717. The van der Waals surface area contributed by atoms with Crippen LogP contribution in [0.15, 0.2) is 24.3 Å². The molecule has 1 aromatic rings. The summed E-state index contributed by atoms with van der Waals surface area (Å²) in [6.45, 7) is 3.54. The van der Waals surface area contributed by atoms with E-state index in [4.69, 9.17) is 23.2 Å². The Hall–Kier alpha value is -0.730. The van der Waals surface area contributed by atoms with E-state index in [1.807, 2.05) is 4.90 Å². The summed E-state index contributed by atoms with van der Waals surface area (Å²) in [4.78, 5) is 14.0. The first-order valence-corrected chi connectivity index (χ1v) is 6.58. The summed E-state index contributed by atoms with van der Waals surface area (Å²) in [6, 6.07) is 6.98. The highest BCUT2D eigenvalue weighted by molar-refractivity contribution is 6.30. The van der Waals surface area contributed by atoms with Crippen molar-refractivity contribution in [1.82, 2.24) is 4.90 Å². The molecule has 2 atom stereocenters. The van der Waals surface area contributed by atoms with Crippen molar-refractivity contribution in [3.05, 3.63) is 34.9 Å². The molecule has 0 bridgehead atoms. The maximum absolute atomic E-state index is 12.2. The second-order valence-corrected chi connectivity index (χ2v) is 5.54. The van der Waals surface area contributed by atoms with Gasteiger partial charge in [0.25, 0.3) is 5.91 Å². The number of likely N-dealkylation sites (tertiary alicyclic amines) is 1. The van der Waals surface area contributed by atoms with Crippen LogP contribution >= 0.6 is 23.2 Å². The molecule has 1 fully saturated rings. The Balaban J connectivity index is 2.08. The zero-order valence-corrected chi connectivity index (χ0v) is 11.2. The molecular formula is C13H15Cl2NO. The number of amides is 1. The number of alkyl halides is 1. The molecule has 4 heteroatoms. The predicted molar refractivity (Wildman–Crippen MR) is 70.8 cm³/mol. The number of nitrogens with zero attached hydrogens (tertiary/aromatic N) is 1. The monoisotopic (exact) mass is 271 g/mol. The Morgan fingerprint density at radius 2 is 2.00 bits per heavy atom. The number of piperidine rings is 1. The fourth-order valence-electron chi connectivity index (χ4n) is 1.98. The zero-order chi connectivity index (χ0) is 12.4. The largest absolute Gasteiger partial charge is 0.337 e. The van der Waals surface area contributed by atoms with Gasteiger partial charge in [-0.05, 0) is 36.6 Å². The first-order chi connectivity index (χ1) is 8.08. The van der Waals surface area contributed by atoms with Crippen LogP contribution in [0.2, 0.25) is 5.02 Å². The molecule has 1 aliphatic heterocycles. The number of carbonyl (C=O) groups is 1. The Morgan fingerprint density at radius 3 is 2.59 bits per heavy atom. The smallest absolute Gasteiger partial charge is 0.253 e. The van der Waals surface area contributed by atoms with Gasteiger partial charge in [0, 0.05) is 23.7 Å². The van der Waals surface area contributed by atoms with E-state index in [1.165, 1.54) is 0 Å². The van der Waals surface area contributed by atoms with Crippen molar-refractivity contribution < 1.29 is 4.79 Å². The molecule has 0 N–H and O–H groups in total. The van der Waals surface area contributed by atoms with Crippen LogP contribution in [-0.4, -0.2) is 29.3 Å². The van der Waals surface area contributed by atoms with Crippen LogP contribution in [0, 0.1) is 5.92 Å². The van der Waals surface area contributed by atoms with Crippen molar-refractivity contribution in [1.29, 1.82) is 0 Å². The lowest BCUT2D eigenvalue weighted by Gasteiger charge is -2.34. The van der Waals surface area contributed by atoms with Crippen molar-refractivity contribution in [3.63, 3.8) is 0 Å². The van der Waals surface area contributed by atoms with Gasteiger partial charge in [-0.2, -0.15) is 0 Å². The molecule has 2 rings (SSSR count). The van der Waals surface area contributed by atoms with Crippen LogP contribution in [0.4, 0.5) is 0 Å². The second-order valence-electron chi connectivity index (χ2n) is 4.54. The van der Waals surface area contributed by atoms with E-state index in [0.29, 0.717) is 23.0 Å². The van der Waals surface area contributed by atoms with Gasteiger partial charge < -0.3 is 4.90 Å². The first-order valence-electron chi connectivity index (χ1n) is 5.77. The summed E-state index contributed by atoms with van der Waals surface area (Å²) in [5.41, 5.74) is 0.674. The minimum atomic E-state index is 0.0409. The van der Waals surface area contributed by atoms with Crippen molar-refractivity contribution in [2.75, 3.05) is 13.1 Å². The first kappa shape index (κ1) is 12.7. The average molecular weight is 272 g/mol. The zero-order valence-electron chi connectivity index (χ0n) is 9.70. The molecule has 17 heavy (non-hydrogen) atoms. The Morgan fingerprint density at radius 1 is 1.35 bits per heavy atom. The highest BCUT2D eigenvalue weighted by atomic mass is 35.5. The van der Waals surface area contributed by atoms with Crippen LogP contribution in [0.25, 0.3) is 0 Å². The molecule has 2 unspecified atom stereocenters. The third kappa shape index (κ3) is 2.93. The van der Waals surface area contributed by atoms with E-state index in [-0.39, 0.29) is 11.3 Å². The molecule has 1 heterocycles. The lowest BCUT2D eigenvalue weighted by molar-refractivity contribution is 0.0701. The van der Waals surface area contributed by atoms with Crippen LogP contribution in [0.3, 0.4) is 0 Å². The summed E-state index contributed by atoms with van der Waals surface area (Å²) in [5, 5.41) is 0.698. The number of carbonyl (C=O) groups excluding carboxylic acids is 1. The molecule has 1 aliphatic rings. The van der Waals surface area contributed by atoms with Crippen LogP contribution < -0.4 is 0 Å². The molecule has 0 aromatic heterocycles. The van der Waals surface area contributed by atoms with Crippen LogP contribution in [-0.2, 0) is 0 Å². The van der Waals surface area contributed by atoms with Gasteiger partial charge in [-0.3, -0.25) is 4.79 Å². The topological polar surface area (TPSA) is 20.3 Å². The standard InChI is InChI=1S/C13H15Cl2NO/c1-9-6-7-16(8-12(9)15)13(17)10-2-4-11(14)5-3-10/h2-5,9,12H,6-8H2,1H3. The second kappa shape index (κ2) is 5.28. The SMILES string of the molecule is CC1CCN(C(=O)c2ccc(Cl)cc2)CC1Cl. The normalized spacial score (nSPS) is 24.8. The van der Waals surface area contributed by atoms with Gasteiger partial charge in [-0.15, -0.1) is 11.6 Å². The number of hydrogen-bond acceptors (Lipinski definition) is 1. The molecule has 0 radical (unpaired) electrons. The third-order valence-electron chi connectivity index (χ3n) is 3.24. The van der Waals surface area contributed by atoms with Gasteiger partial charge in [0.1, 0.15) is 0 Å². The molecule has 1 amide bonds. The molecule has 92 valence electrons. The summed E-state index contributed by atoms with van der Waals surface area (Å²) >= 11 is 12.0. The van der Waals surface area contributed by atoms with Crippen LogP contribution in [0.5, 0.6) is 0 Å². The number of benzene rings is 1. The van der Waals surface area contributed by atoms with Gasteiger partial charge >= 0.3 is 0 Å². The lowest BCUT2D eigenvalue weighted by atomic mass is 9.98. The van der Waals surface area contributed by atoms with Crippen molar-refractivity contribution >= 4 is 29.1 Å². The highest BCUT2D eigenvalue weighted by Gasteiger charge is 2.27. The molecular weight excluding hydrogens is 257 g/mol. The summed E-state index contributed by atoms with van der Waals surface area (Å²) in [7, 11) is 0. The molecule has 2 nitrogen and oxygen atoms in total. The number of halogens is 2. The number of rotatable bonds is 1. The van der Waals surface area contributed by atoms with Crippen LogP contribution in [0.1, 0.15) is 23.7 Å². The van der Waals surface area contributed by atoms with E-state index in [1.54, 1.807) is 24.3 Å². The van der Waals surface area contributed by atoms with E-state index in [0.717, 1.165) is 13.0 Å². The summed E-state index contributed by atoms with van der Waals surface area (Å²) in [5.74, 6) is 0.519. The summed E-state index contributed by atoms with van der Waals surface area (Å²) < 4.78 is 0. The molecule has 0 aliphatic carbocycles. The molecule has 0 spiro atoms. The van der Waals surface area contributed by atoms with Gasteiger partial charge in [-0.1, -0.05) is 18.5 Å². The maximum atomic E-state index is 12.2. The molecule has 0 saturated carbocycles.